The minimum atomic E-state index is 0.0977. The zero-order valence-corrected chi connectivity index (χ0v) is 9.79. The molecule has 0 N–H and O–H groups in total. The Balaban J connectivity index is 2.50. The van der Waals surface area contributed by atoms with Gasteiger partial charge in [-0.1, -0.05) is 0 Å². The quantitative estimate of drug-likeness (QED) is 0.673. The van der Waals surface area contributed by atoms with Crippen LogP contribution in [-0.2, 0) is 4.79 Å². The smallest absolute Gasteiger partial charge is 0.146 e. The molecule has 14 heavy (non-hydrogen) atoms. The first-order chi connectivity index (χ1) is 6.52. The molecule has 3 nitrogen and oxygen atoms in total. The first-order valence-corrected chi connectivity index (χ1v) is 5.39. The Hall–Kier alpha value is -0.410. The van der Waals surface area contributed by atoms with Crippen LogP contribution < -0.4 is 0 Å². The standard InChI is InChI=1S/C11H22N2O/c1-9(14)11(12(2)3)8-10-6-5-7-13(10)4/h10-11H,5-8H2,1-4H3. The van der Waals surface area contributed by atoms with Gasteiger partial charge in [-0.2, -0.15) is 0 Å². The number of nitrogens with zero attached hydrogens (tertiary/aromatic N) is 2. The van der Waals surface area contributed by atoms with Crippen molar-refractivity contribution in [3.63, 3.8) is 0 Å². The number of carbonyl (C=O) groups is 1. The van der Waals surface area contributed by atoms with Gasteiger partial charge in [-0.05, 0) is 53.9 Å². The fourth-order valence-corrected chi connectivity index (χ4v) is 2.28. The van der Waals surface area contributed by atoms with Crippen LogP contribution in [-0.4, -0.2) is 55.4 Å². The van der Waals surface area contributed by atoms with E-state index in [1.807, 2.05) is 19.0 Å². The fourth-order valence-electron chi connectivity index (χ4n) is 2.28. The second-order valence-electron chi connectivity index (χ2n) is 4.60. The fraction of sp³-hybridized carbons (Fsp3) is 0.909. The summed E-state index contributed by atoms with van der Waals surface area (Å²) in [7, 11) is 6.13. The van der Waals surface area contributed by atoms with Crippen molar-refractivity contribution >= 4 is 5.78 Å². The van der Waals surface area contributed by atoms with Crippen molar-refractivity contribution in [1.82, 2.24) is 9.80 Å². The zero-order chi connectivity index (χ0) is 10.7. The van der Waals surface area contributed by atoms with Crippen LogP contribution in [0, 0.1) is 0 Å². The molecular weight excluding hydrogens is 176 g/mol. The van der Waals surface area contributed by atoms with E-state index in [1.165, 1.54) is 19.4 Å². The highest BCUT2D eigenvalue weighted by atomic mass is 16.1. The molecule has 1 aliphatic heterocycles. The van der Waals surface area contributed by atoms with Gasteiger partial charge in [-0.3, -0.25) is 9.69 Å². The largest absolute Gasteiger partial charge is 0.303 e. The topological polar surface area (TPSA) is 23.6 Å². The molecule has 0 radical (unpaired) electrons. The normalized spacial score (nSPS) is 25.6. The highest BCUT2D eigenvalue weighted by Crippen LogP contribution is 2.20. The molecule has 0 aromatic rings. The second-order valence-corrected chi connectivity index (χ2v) is 4.60. The second kappa shape index (κ2) is 4.89. The maximum atomic E-state index is 11.4. The van der Waals surface area contributed by atoms with Crippen molar-refractivity contribution in [2.24, 2.45) is 0 Å². The van der Waals surface area contributed by atoms with Gasteiger partial charge in [-0.15, -0.1) is 0 Å². The molecule has 2 unspecified atom stereocenters. The number of ketones is 1. The van der Waals surface area contributed by atoms with Crippen LogP contribution in [0.5, 0.6) is 0 Å². The molecular formula is C11H22N2O. The molecule has 2 atom stereocenters. The third kappa shape index (κ3) is 2.79. The van der Waals surface area contributed by atoms with Crippen LogP contribution in [0.4, 0.5) is 0 Å². The third-order valence-electron chi connectivity index (χ3n) is 3.26. The third-order valence-corrected chi connectivity index (χ3v) is 3.26. The first kappa shape index (κ1) is 11.7. The number of likely N-dealkylation sites (N-methyl/N-ethyl adjacent to an activating group) is 1. The summed E-state index contributed by atoms with van der Waals surface area (Å²) in [6.07, 6.45) is 3.51. The molecule has 1 fully saturated rings. The van der Waals surface area contributed by atoms with E-state index in [9.17, 15) is 4.79 Å². The lowest BCUT2D eigenvalue weighted by Crippen LogP contribution is -2.40. The van der Waals surface area contributed by atoms with Gasteiger partial charge in [0.05, 0.1) is 6.04 Å². The summed E-state index contributed by atoms with van der Waals surface area (Å²) in [6.45, 7) is 2.88. The molecule has 3 heteroatoms. The molecule has 82 valence electrons. The monoisotopic (exact) mass is 198 g/mol. The minimum Gasteiger partial charge on any atom is -0.303 e. The first-order valence-electron chi connectivity index (χ1n) is 5.39. The molecule has 1 rings (SSSR count). The Labute approximate surface area is 87.1 Å². The van der Waals surface area contributed by atoms with Crippen molar-refractivity contribution in [2.45, 2.75) is 38.3 Å². The summed E-state index contributed by atoms with van der Waals surface area (Å²) in [5.41, 5.74) is 0. The number of likely N-dealkylation sites (tertiary alicyclic amines) is 1. The molecule has 1 saturated heterocycles. The Kier molecular flexibility index (Phi) is 4.08. The summed E-state index contributed by atoms with van der Waals surface area (Å²) in [5, 5.41) is 0. The maximum absolute atomic E-state index is 11.4. The molecule has 0 aromatic heterocycles. The van der Waals surface area contributed by atoms with Crippen molar-refractivity contribution in [1.29, 1.82) is 0 Å². The van der Waals surface area contributed by atoms with Gasteiger partial charge in [0.15, 0.2) is 0 Å². The van der Waals surface area contributed by atoms with E-state index in [0.717, 1.165) is 6.42 Å². The molecule has 0 amide bonds. The Morgan fingerprint density at radius 1 is 1.57 bits per heavy atom. The number of rotatable bonds is 4. The van der Waals surface area contributed by atoms with Crippen LogP contribution >= 0.6 is 0 Å². The van der Waals surface area contributed by atoms with E-state index in [2.05, 4.69) is 11.9 Å². The highest BCUT2D eigenvalue weighted by molar-refractivity contribution is 5.81. The minimum absolute atomic E-state index is 0.0977. The average Bonchev–Trinajstić information content (AvgIpc) is 2.46. The van der Waals surface area contributed by atoms with Gasteiger partial charge < -0.3 is 4.90 Å². The summed E-state index contributed by atoms with van der Waals surface area (Å²) < 4.78 is 0. The average molecular weight is 198 g/mol. The van der Waals surface area contributed by atoms with Gasteiger partial charge in [0.1, 0.15) is 5.78 Å². The van der Waals surface area contributed by atoms with Crippen LogP contribution in [0.3, 0.4) is 0 Å². The predicted octanol–water partition coefficient (Wildman–Crippen LogP) is 0.990. The van der Waals surface area contributed by atoms with Gasteiger partial charge in [0.25, 0.3) is 0 Å². The van der Waals surface area contributed by atoms with E-state index < -0.39 is 0 Å². The van der Waals surface area contributed by atoms with Crippen molar-refractivity contribution in [2.75, 3.05) is 27.7 Å². The molecule has 0 aliphatic carbocycles. The van der Waals surface area contributed by atoms with Crippen LogP contribution in [0.15, 0.2) is 0 Å². The summed E-state index contributed by atoms with van der Waals surface area (Å²) >= 11 is 0. The number of carbonyl (C=O) groups excluding carboxylic acids is 1. The Morgan fingerprint density at radius 3 is 2.57 bits per heavy atom. The van der Waals surface area contributed by atoms with Crippen LogP contribution in [0.25, 0.3) is 0 Å². The van der Waals surface area contributed by atoms with Crippen molar-refractivity contribution in [3.05, 3.63) is 0 Å². The molecule has 0 bridgehead atoms. The lowest BCUT2D eigenvalue weighted by molar-refractivity contribution is -0.121. The van der Waals surface area contributed by atoms with Gasteiger partial charge >= 0.3 is 0 Å². The number of hydrogen-bond donors (Lipinski definition) is 0. The molecule has 1 aliphatic rings. The molecule has 1 heterocycles. The lowest BCUT2D eigenvalue weighted by Gasteiger charge is -2.27. The summed E-state index contributed by atoms with van der Waals surface area (Å²) in [5.74, 6) is 0.287. The summed E-state index contributed by atoms with van der Waals surface area (Å²) in [4.78, 5) is 15.8. The van der Waals surface area contributed by atoms with Crippen molar-refractivity contribution in [3.8, 4) is 0 Å². The predicted molar refractivity (Wildman–Crippen MR) is 58.4 cm³/mol. The van der Waals surface area contributed by atoms with E-state index in [1.54, 1.807) is 6.92 Å². The van der Waals surface area contributed by atoms with E-state index in [0.29, 0.717) is 6.04 Å². The SMILES string of the molecule is CC(=O)C(CC1CCCN1C)N(C)C. The molecule has 0 aromatic carbocycles. The van der Waals surface area contributed by atoms with Gasteiger partial charge in [-0.25, -0.2) is 0 Å². The maximum Gasteiger partial charge on any atom is 0.146 e. The number of hydrogen-bond acceptors (Lipinski definition) is 3. The molecule has 0 saturated carbocycles. The van der Waals surface area contributed by atoms with Gasteiger partial charge in [0.2, 0.25) is 0 Å². The lowest BCUT2D eigenvalue weighted by atomic mass is 10.0. The van der Waals surface area contributed by atoms with E-state index >= 15 is 0 Å². The number of Topliss-reactive ketones (excluding diaryl/α,β-unsaturated/α-hetero) is 1. The van der Waals surface area contributed by atoms with Crippen molar-refractivity contribution < 1.29 is 4.79 Å². The summed E-state index contributed by atoms with van der Waals surface area (Å²) in [6, 6.07) is 0.701. The van der Waals surface area contributed by atoms with Gasteiger partial charge in [0, 0.05) is 6.04 Å². The van der Waals surface area contributed by atoms with Crippen LogP contribution in [0.1, 0.15) is 26.2 Å². The Morgan fingerprint density at radius 2 is 2.21 bits per heavy atom. The molecule has 0 spiro atoms. The van der Waals surface area contributed by atoms with Crippen LogP contribution in [0.2, 0.25) is 0 Å². The zero-order valence-electron chi connectivity index (χ0n) is 9.79. The highest BCUT2D eigenvalue weighted by Gasteiger charge is 2.27. The Bertz CT molecular complexity index is 203. The van der Waals surface area contributed by atoms with E-state index in [-0.39, 0.29) is 11.8 Å². The van der Waals surface area contributed by atoms with E-state index in [4.69, 9.17) is 0 Å².